The first-order valence-electron chi connectivity index (χ1n) is 7.29. The molecule has 0 saturated heterocycles. The number of rotatable bonds is 12. The molecule has 0 saturated carbocycles. The van der Waals surface area contributed by atoms with Crippen LogP contribution in [0.2, 0.25) is 0 Å². The molecule has 0 unspecified atom stereocenters. The Bertz CT molecular complexity index is 241. The summed E-state index contributed by atoms with van der Waals surface area (Å²) in [6.45, 7) is 2.19. The summed E-state index contributed by atoms with van der Waals surface area (Å²) in [5.74, 6) is -0.672. The first kappa shape index (κ1) is 16.9. The van der Waals surface area contributed by atoms with Crippen molar-refractivity contribution in [1.82, 2.24) is 0 Å². The maximum absolute atomic E-state index is 10.3. The maximum Gasteiger partial charge on any atom is 0.303 e. The summed E-state index contributed by atoms with van der Waals surface area (Å²) in [6, 6.07) is 0. The highest BCUT2D eigenvalue weighted by Gasteiger charge is 1.95. The second kappa shape index (κ2) is 14.0. The Morgan fingerprint density at radius 2 is 1.50 bits per heavy atom. The third kappa shape index (κ3) is 14.9. The monoisotopic (exact) mass is 252 g/mol. The number of carboxylic acids is 1. The van der Waals surface area contributed by atoms with E-state index in [1.165, 1.54) is 25.7 Å². The minimum atomic E-state index is -0.672. The lowest BCUT2D eigenvalue weighted by Gasteiger charge is -1.98. The van der Waals surface area contributed by atoms with Crippen LogP contribution >= 0.6 is 0 Å². The van der Waals surface area contributed by atoms with Gasteiger partial charge in [-0.15, -0.1) is 0 Å². The molecule has 0 rings (SSSR count). The van der Waals surface area contributed by atoms with Gasteiger partial charge < -0.3 is 5.11 Å². The second-order valence-electron chi connectivity index (χ2n) is 4.67. The van der Waals surface area contributed by atoms with Gasteiger partial charge in [0.15, 0.2) is 0 Å². The van der Waals surface area contributed by atoms with Gasteiger partial charge in [0.2, 0.25) is 0 Å². The van der Waals surface area contributed by atoms with Gasteiger partial charge in [-0.1, -0.05) is 56.9 Å². The molecule has 0 fully saturated rings. The minimum absolute atomic E-state index is 0.323. The van der Waals surface area contributed by atoms with Crippen LogP contribution < -0.4 is 0 Å². The fraction of sp³-hybridized carbons (Fsp3) is 0.688. The van der Waals surface area contributed by atoms with Crippen LogP contribution in [-0.4, -0.2) is 11.1 Å². The van der Waals surface area contributed by atoms with Gasteiger partial charge in [0, 0.05) is 6.42 Å². The molecule has 104 valence electrons. The zero-order valence-corrected chi connectivity index (χ0v) is 11.7. The number of carboxylic acid groups (broad SMARTS) is 1. The van der Waals surface area contributed by atoms with Crippen molar-refractivity contribution in [3.8, 4) is 0 Å². The molecule has 0 aliphatic heterocycles. The Balaban J connectivity index is 3.15. The summed E-state index contributed by atoms with van der Waals surface area (Å²) in [4.78, 5) is 10.3. The lowest BCUT2D eigenvalue weighted by atomic mass is 10.1. The van der Waals surface area contributed by atoms with Gasteiger partial charge in [0.25, 0.3) is 0 Å². The molecule has 0 aromatic carbocycles. The number of hydrogen-bond acceptors (Lipinski definition) is 1. The van der Waals surface area contributed by atoms with Crippen LogP contribution in [0, 0.1) is 0 Å². The molecule has 0 amide bonds. The summed E-state index contributed by atoms with van der Waals surface area (Å²) in [7, 11) is 0. The van der Waals surface area contributed by atoms with E-state index in [0.29, 0.717) is 6.42 Å². The number of unbranched alkanes of at least 4 members (excludes halogenated alkanes) is 6. The molecule has 0 radical (unpaired) electrons. The van der Waals surface area contributed by atoms with Crippen LogP contribution in [0.25, 0.3) is 0 Å². The summed E-state index contributed by atoms with van der Waals surface area (Å²) < 4.78 is 0. The molecule has 0 aliphatic carbocycles. The van der Waals surface area contributed by atoms with Crippen molar-refractivity contribution in [2.45, 2.75) is 71.1 Å². The summed E-state index contributed by atoms with van der Waals surface area (Å²) in [6.07, 6.45) is 19.4. The van der Waals surface area contributed by atoms with Crippen molar-refractivity contribution in [2.24, 2.45) is 0 Å². The molecular weight excluding hydrogens is 224 g/mol. The summed E-state index contributed by atoms with van der Waals surface area (Å²) >= 11 is 0. The second-order valence-corrected chi connectivity index (χ2v) is 4.67. The van der Waals surface area contributed by atoms with Crippen LogP contribution in [0.15, 0.2) is 24.3 Å². The predicted octanol–water partition coefficient (Wildman–Crippen LogP) is 5.10. The van der Waals surface area contributed by atoms with Crippen LogP contribution in [-0.2, 0) is 4.79 Å². The highest BCUT2D eigenvalue weighted by atomic mass is 16.4. The smallest absolute Gasteiger partial charge is 0.303 e. The zero-order valence-electron chi connectivity index (χ0n) is 11.7. The molecule has 0 bridgehead atoms. The van der Waals surface area contributed by atoms with Gasteiger partial charge in [0.05, 0.1) is 0 Å². The molecule has 0 aromatic rings. The van der Waals surface area contributed by atoms with Crippen molar-refractivity contribution in [1.29, 1.82) is 0 Å². The molecule has 0 atom stereocenters. The molecule has 2 nitrogen and oxygen atoms in total. The first-order valence-corrected chi connectivity index (χ1v) is 7.29. The normalized spacial score (nSPS) is 11.6. The third-order valence-electron chi connectivity index (χ3n) is 2.82. The maximum atomic E-state index is 10.3. The molecule has 1 N–H and O–H groups in total. The van der Waals surface area contributed by atoms with Gasteiger partial charge in [0.1, 0.15) is 0 Å². The van der Waals surface area contributed by atoms with Crippen molar-refractivity contribution >= 4 is 5.97 Å². The van der Waals surface area contributed by atoms with E-state index in [9.17, 15) is 4.79 Å². The van der Waals surface area contributed by atoms with Crippen LogP contribution in [0.3, 0.4) is 0 Å². The van der Waals surface area contributed by atoms with E-state index in [4.69, 9.17) is 5.11 Å². The van der Waals surface area contributed by atoms with E-state index >= 15 is 0 Å². The number of carbonyl (C=O) groups is 1. The molecule has 0 aromatic heterocycles. The van der Waals surface area contributed by atoms with E-state index in [1.54, 1.807) is 0 Å². The standard InChI is InChI=1S/C16H28O2/c1-2-3-4-5-6-7-8-9-10-11-12-13-14-15-16(17)18/h4-5,7-8H,2-3,6,9-15H2,1H3,(H,17,18)/b5-4+,8-7+. The molecule has 0 spiro atoms. The van der Waals surface area contributed by atoms with Crippen molar-refractivity contribution in [2.75, 3.05) is 0 Å². The topological polar surface area (TPSA) is 37.3 Å². The van der Waals surface area contributed by atoms with Crippen LogP contribution in [0.5, 0.6) is 0 Å². The minimum Gasteiger partial charge on any atom is -0.481 e. The number of hydrogen-bond donors (Lipinski definition) is 1. The van der Waals surface area contributed by atoms with Crippen molar-refractivity contribution in [3.63, 3.8) is 0 Å². The summed E-state index contributed by atoms with van der Waals surface area (Å²) in [5, 5.41) is 8.48. The first-order chi connectivity index (χ1) is 8.77. The van der Waals surface area contributed by atoms with E-state index in [0.717, 1.165) is 32.1 Å². The SMILES string of the molecule is CCC/C=C/C/C=C/CCCCCCCC(=O)O. The largest absolute Gasteiger partial charge is 0.481 e. The zero-order chi connectivity index (χ0) is 13.5. The lowest BCUT2D eigenvalue weighted by molar-refractivity contribution is -0.137. The van der Waals surface area contributed by atoms with Crippen molar-refractivity contribution < 1.29 is 9.90 Å². The van der Waals surface area contributed by atoms with Gasteiger partial charge in [-0.2, -0.15) is 0 Å². The van der Waals surface area contributed by atoms with Crippen LogP contribution in [0.1, 0.15) is 71.1 Å². The summed E-state index contributed by atoms with van der Waals surface area (Å²) in [5.41, 5.74) is 0. The Labute approximate surface area is 112 Å². The van der Waals surface area contributed by atoms with Gasteiger partial charge in [-0.05, 0) is 32.1 Å². The fourth-order valence-electron chi connectivity index (χ4n) is 1.74. The van der Waals surface area contributed by atoms with Gasteiger partial charge in [-0.25, -0.2) is 0 Å². The molecular formula is C16H28O2. The van der Waals surface area contributed by atoms with E-state index in [2.05, 4.69) is 31.2 Å². The Morgan fingerprint density at radius 3 is 2.17 bits per heavy atom. The quantitative estimate of drug-likeness (QED) is 0.387. The average molecular weight is 252 g/mol. The molecule has 0 aliphatic rings. The molecule has 18 heavy (non-hydrogen) atoms. The molecule has 0 heterocycles. The Kier molecular flexibility index (Phi) is 13.2. The van der Waals surface area contributed by atoms with E-state index in [1.807, 2.05) is 0 Å². The number of allylic oxidation sites excluding steroid dienone is 4. The van der Waals surface area contributed by atoms with Crippen molar-refractivity contribution in [3.05, 3.63) is 24.3 Å². The highest BCUT2D eigenvalue weighted by molar-refractivity contribution is 5.66. The predicted molar refractivity (Wildman–Crippen MR) is 77.8 cm³/mol. The van der Waals surface area contributed by atoms with E-state index < -0.39 is 5.97 Å². The Morgan fingerprint density at radius 1 is 0.889 bits per heavy atom. The average Bonchev–Trinajstić information content (AvgIpc) is 2.34. The van der Waals surface area contributed by atoms with E-state index in [-0.39, 0.29) is 0 Å². The Hall–Kier alpha value is -1.05. The van der Waals surface area contributed by atoms with Gasteiger partial charge in [-0.3, -0.25) is 4.79 Å². The number of aliphatic carboxylic acids is 1. The highest BCUT2D eigenvalue weighted by Crippen LogP contribution is 2.07. The fourth-order valence-corrected chi connectivity index (χ4v) is 1.74. The third-order valence-corrected chi connectivity index (χ3v) is 2.82. The lowest BCUT2D eigenvalue weighted by Crippen LogP contribution is -1.93. The van der Waals surface area contributed by atoms with Gasteiger partial charge >= 0.3 is 5.97 Å². The molecule has 2 heteroatoms. The van der Waals surface area contributed by atoms with Crippen LogP contribution in [0.4, 0.5) is 0 Å².